The van der Waals surface area contributed by atoms with E-state index in [1.54, 1.807) is 0 Å². The molecule has 20 heavy (non-hydrogen) atoms. The Morgan fingerprint density at radius 1 is 1.35 bits per heavy atom. The molecule has 1 N–H and O–H groups in total. The Kier molecular flexibility index (Phi) is 3.48. The standard InChI is InChI=1S/C15H16BrFO3/c16-12-8-9(17)7-11(13(12)20-10-3-4-10)15(14(18)19)5-1-2-6-15/h7-8,10H,1-6H2,(H,18,19). The van der Waals surface area contributed by atoms with E-state index in [0.717, 1.165) is 25.7 Å². The van der Waals surface area contributed by atoms with Crippen LogP contribution in [0.1, 0.15) is 44.1 Å². The lowest BCUT2D eigenvalue weighted by Crippen LogP contribution is -2.33. The predicted molar refractivity (Wildman–Crippen MR) is 75.5 cm³/mol. The smallest absolute Gasteiger partial charge is 0.314 e. The summed E-state index contributed by atoms with van der Waals surface area (Å²) in [4.78, 5) is 11.8. The molecule has 0 bridgehead atoms. The lowest BCUT2D eigenvalue weighted by Gasteiger charge is -2.27. The fourth-order valence-electron chi connectivity index (χ4n) is 2.97. The van der Waals surface area contributed by atoms with Gasteiger partial charge in [-0.25, -0.2) is 4.39 Å². The van der Waals surface area contributed by atoms with Crippen molar-refractivity contribution in [1.29, 1.82) is 0 Å². The van der Waals surface area contributed by atoms with Gasteiger partial charge in [-0.2, -0.15) is 0 Å². The molecule has 0 saturated heterocycles. The number of carboxylic acids is 1. The third-order valence-electron chi connectivity index (χ3n) is 4.20. The molecular formula is C15H16BrFO3. The fourth-order valence-corrected chi connectivity index (χ4v) is 3.49. The van der Waals surface area contributed by atoms with E-state index < -0.39 is 17.2 Å². The molecule has 1 aromatic carbocycles. The minimum atomic E-state index is -1.01. The van der Waals surface area contributed by atoms with Crippen LogP contribution in [0.3, 0.4) is 0 Å². The second kappa shape index (κ2) is 5.02. The van der Waals surface area contributed by atoms with Crippen LogP contribution in [0.2, 0.25) is 0 Å². The maximum absolute atomic E-state index is 13.8. The molecule has 0 aliphatic heterocycles. The molecule has 5 heteroatoms. The molecule has 2 saturated carbocycles. The molecule has 108 valence electrons. The fraction of sp³-hybridized carbons (Fsp3) is 0.533. The summed E-state index contributed by atoms with van der Waals surface area (Å²) in [5.74, 6) is -0.797. The van der Waals surface area contributed by atoms with Crippen LogP contribution in [0.4, 0.5) is 4.39 Å². The summed E-state index contributed by atoms with van der Waals surface area (Å²) in [6, 6.07) is 2.67. The number of benzene rings is 1. The number of carbonyl (C=O) groups is 1. The molecule has 0 amide bonds. The predicted octanol–water partition coefficient (Wildman–Crippen LogP) is 4.03. The van der Waals surface area contributed by atoms with Gasteiger partial charge in [-0.15, -0.1) is 0 Å². The lowest BCUT2D eigenvalue weighted by atomic mass is 9.78. The molecular weight excluding hydrogens is 327 g/mol. The first-order valence-electron chi connectivity index (χ1n) is 6.92. The minimum absolute atomic E-state index is 0.141. The maximum atomic E-state index is 13.8. The van der Waals surface area contributed by atoms with Crippen molar-refractivity contribution in [2.45, 2.75) is 50.0 Å². The van der Waals surface area contributed by atoms with Gasteiger partial charge in [-0.1, -0.05) is 12.8 Å². The molecule has 2 aliphatic rings. The minimum Gasteiger partial charge on any atom is -0.489 e. The van der Waals surface area contributed by atoms with Crippen LogP contribution in [-0.2, 0) is 10.2 Å². The quantitative estimate of drug-likeness (QED) is 0.898. The van der Waals surface area contributed by atoms with Crippen molar-refractivity contribution in [1.82, 2.24) is 0 Å². The van der Waals surface area contributed by atoms with Crippen molar-refractivity contribution in [2.24, 2.45) is 0 Å². The molecule has 0 aromatic heterocycles. The number of aliphatic carboxylic acids is 1. The normalized spacial score (nSPS) is 20.9. The van der Waals surface area contributed by atoms with Crippen molar-refractivity contribution in [3.05, 3.63) is 28.0 Å². The maximum Gasteiger partial charge on any atom is 0.314 e. The van der Waals surface area contributed by atoms with E-state index in [4.69, 9.17) is 4.74 Å². The Bertz CT molecular complexity index is 548. The molecule has 1 aromatic rings. The van der Waals surface area contributed by atoms with Gasteiger partial charge in [0, 0.05) is 5.56 Å². The second-order valence-corrected chi connectivity index (χ2v) is 6.53. The highest BCUT2D eigenvalue weighted by Crippen LogP contribution is 2.48. The third-order valence-corrected chi connectivity index (χ3v) is 4.79. The van der Waals surface area contributed by atoms with E-state index >= 15 is 0 Å². The highest BCUT2D eigenvalue weighted by atomic mass is 79.9. The van der Waals surface area contributed by atoms with E-state index in [1.807, 2.05) is 0 Å². The van der Waals surface area contributed by atoms with Crippen LogP contribution in [0.15, 0.2) is 16.6 Å². The first-order chi connectivity index (χ1) is 9.53. The van der Waals surface area contributed by atoms with Gasteiger partial charge in [0.1, 0.15) is 11.6 Å². The molecule has 2 aliphatic carbocycles. The molecule has 0 heterocycles. The van der Waals surface area contributed by atoms with Crippen LogP contribution in [0.5, 0.6) is 5.75 Å². The van der Waals surface area contributed by atoms with Crippen molar-refractivity contribution < 1.29 is 19.0 Å². The van der Waals surface area contributed by atoms with Crippen LogP contribution in [-0.4, -0.2) is 17.2 Å². The van der Waals surface area contributed by atoms with E-state index in [9.17, 15) is 14.3 Å². The first-order valence-corrected chi connectivity index (χ1v) is 7.72. The van der Waals surface area contributed by atoms with E-state index in [2.05, 4.69) is 15.9 Å². The third kappa shape index (κ3) is 2.32. The zero-order valence-electron chi connectivity index (χ0n) is 11.0. The summed E-state index contributed by atoms with van der Waals surface area (Å²) in [6.07, 6.45) is 4.88. The number of hydrogen-bond acceptors (Lipinski definition) is 2. The molecule has 0 spiro atoms. The molecule has 3 rings (SSSR count). The van der Waals surface area contributed by atoms with E-state index in [1.165, 1.54) is 12.1 Å². The Morgan fingerprint density at radius 3 is 2.55 bits per heavy atom. The van der Waals surface area contributed by atoms with E-state index in [-0.39, 0.29) is 6.10 Å². The summed E-state index contributed by atoms with van der Waals surface area (Å²) < 4.78 is 20.1. The zero-order chi connectivity index (χ0) is 14.3. The van der Waals surface area contributed by atoms with Crippen molar-refractivity contribution in [3.8, 4) is 5.75 Å². The number of hydrogen-bond donors (Lipinski definition) is 1. The van der Waals surface area contributed by atoms with Crippen molar-refractivity contribution in [2.75, 3.05) is 0 Å². The molecule has 2 fully saturated rings. The van der Waals surface area contributed by atoms with Crippen molar-refractivity contribution in [3.63, 3.8) is 0 Å². The Morgan fingerprint density at radius 2 is 2.00 bits per heavy atom. The average molecular weight is 343 g/mol. The zero-order valence-corrected chi connectivity index (χ0v) is 12.6. The van der Waals surface area contributed by atoms with Gasteiger partial charge in [0.2, 0.25) is 0 Å². The van der Waals surface area contributed by atoms with Gasteiger partial charge in [0.05, 0.1) is 16.0 Å². The molecule has 0 radical (unpaired) electrons. The number of ether oxygens (including phenoxy) is 1. The van der Waals surface area contributed by atoms with Crippen LogP contribution in [0.25, 0.3) is 0 Å². The first kappa shape index (κ1) is 13.9. The highest BCUT2D eigenvalue weighted by molar-refractivity contribution is 9.10. The summed E-state index contributed by atoms with van der Waals surface area (Å²) in [5, 5.41) is 9.68. The second-order valence-electron chi connectivity index (χ2n) is 5.68. The van der Waals surface area contributed by atoms with Crippen LogP contribution < -0.4 is 4.74 Å². The molecule has 0 atom stereocenters. The average Bonchev–Trinajstić information content (AvgIpc) is 3.05. The van der Waals surface area contributed by atoms with Gasteiger partial charge in [0.25, 0.3) is 0 Å². The Hall–Kier alpha value is -1.10. The summed E-state index contributed by atoms with van der Waals surface area (Å²) >= 11 is 3.32. The number of halogens is 2. The van der Waals surface area contributed by atoms with Gasteiger partial charge < -0.3 is 9.84 Å². The van der Waals surface area contributed by atoms with Gasteiger partial charge >= 0.3 is 5.97 Å². The Labute approximate surface area is 125 Å². The summed E-state index contributed by atoms with van der Waals surface area (Å²) in [5.41, 5.74) is -0.518. The van der Waals surface area contributed by atoms with Gasteiger partial charge in [-0.3, -0.25) is 4.79 Å². The monoisotopic (exact) mass is 342 g/mol. The van der Waals surface area contributed by atoms with Crippen molar-refractivity contribution >= 4 is 21.9 Å². The van der Waals surface area contributed by atoms with Gasteiger partial charge in [0.15, 0.2) is 0 Å². The van der Waals surface area contributed by atoms with E-state index in [0.29, 0.717) is 28.6 Å². The number of carboxylic acid groups (broad SMARTS) is 1. The van der Waals surface area contributed by atoms with Crippen LogP contribution >= 0.6 is 15.9 Å². The topological polar surface area (TPSA) is 46.5 Å². The SMILES string of the molecule is O=C(O)C1(c2cc(F)cc(Br)c2OC2CC2)CCCC1. The van der Waals surface area contributed by atoms with Crippen LogP contribution in [0, 0.1) is 5.82 Å². The number of rotatable bonds is 4. The molecule has 3 nitrogen and oxygen atoms in total. The summed E-state index contributed by atoms with van der Waals surface area (Å²) in [6.45, 7) is 0. The summed E-state index contributed by atoms with van der Waals surface area (Å²) in [7, 11) is 0. The Balaban J connectivity index is 2.12. The van der Waals surface area contributed by atoms with Gasteiger partial charge in [-0.05, 0) is 53.7 Å². The largest absolute Gasteiger partial charge is 0.489 e. The molecule has 0 unspecified atom stereocenters. The highest BCUT2D eigenvalue weighted by Gasteiger charge is 2.46. The lowest BCUT2D eigenvalue weighted by molar-refractivity contribution is -0.143.